The molecule has 20 heavy (non-hydrogen) atoms. The minimum atomic E-state index is -0.204. The number of aryl methyl sites for hydroxylation is 1. The fraction of sp³-hybridized carbons (Fsp3) is 0.250. The Labute approximate surface area is 138 Å². The van der Waals surface area contributed by atoms with Gasteiger partial charge in [-0.3, -0.25) is 0 Å². The fourth-order valence-corrected chi connectivity index (χ4v) is 3.05. The van der Waals surface area contributed by atoms with E-state index in [9.17, 15) is 0 Å². The van der Waals surface area contributed by atoms with Crippen LogP contribution < -0.4 is 9.47 Å². The maximum Gasteiger partial charge on any atom is 0.161 e. The van der Waals surface area contributed by atoms with Crippen molar-refractivity contribution >= 4 is 34.2 Å². The predicted molar refractivity (Wildman–Crippen MR) is 91.1 cm³/mol. The Bertz CT molecular complexity index is 613. The monoisotopic (exact) mass is 402 g/mol. The van der Waals surface area contributed by atoms with Crippen LogP contribution >= 0.6 is 34.2 Å². The van der Waals surface area contributed by atoms with Gasteiger partial charge in [0.25, 0.3) is 0 Å². The Morgan fingerprint density at radius 3 is 2.30 bits per heavy atom. The van der Waals surface area contributed by atoms with Gasteiger partial charge in [0.05, 0.1) is 19.6 Å². The molecule has 106 valence electrons. The molecule has 0 amide bonds. The largest absolute Gasteiger partial charge is 0.493 e. The Kier molecular flexibility index (Phi) is 5.16. The first-order valence-electron chi connectivity index (χ1n) is 6.19. The van der Waals surface area contributed by atoms with Gasteiger partial charge in [-0.2, -0.15) is 0 Å². The van der Waals surface area contributed by atoms with Crippen molar-refractivity contribution in [2.24, 2.45) is 0 Å². The molecule has 0 aliphatic heterocycles. The second kappa shape index (κ2) is 6.68. The van der Waals surface area contributed by atoms with Crippen molar-refractivity contribution in [1.29, 1.82) is 0 Å². The van der Waals surface area contributed by atoms with Crippen LogP contribution in [0.1, 0.15) is 22.1 Å². The first kappa shape index (κ1) is 15.4. The zero-order chi connectivity index (χ0) is 14.7. The van der Waals surface area contributed by atoms with Crippen molar-refractivity contribution in [2.45, 2.75) is 12.3 Å². The summed E-state index contributed by atoms with van der Waals surface area (Å²) in [4.78, 5) is 0. The van der Waals surface area contributed by atoms with Crippen LogP contribution in [0.5, 0.6) is 11.5 Å². The smallest absolute Gasteiger partial charge is 0.161 e. The molecule has 2 nitrogen and oxygen atoms in total. The van der Waals surface area contributed by atoms with E-state index in [1.807, 2.05) is 31.2 Å². The first-order valence-corrected chi connectivity index (χ1v) is 7.70. The molecule has 0 fully saturated rings. The number of alkyl halides is 1. The topological polar surface area (TPSA) is 18.5 Å². The van der Waals surface area contributed by atoms with E-state index in [0.29, 0.717) is 5.75 Å². The highest BCUT2D eigenvalue weighted by molar-refractivity contribution is 14.1. The molecule has 0 saturated heterocycles. The van der Waals surface area contributed by atoms with Gasteiger partial charge in [0.15, 0.2) is 11.5 Å². The predicted octanol–water partition coefficient (Wildman–Crippen LogP) is 4.95. The summed E-state index contributed by atoms with van der Waals surface area (Å²) in [6.07, 6.45) is 0. The van der Waals surface area contributed by atoms with Crippen LogP contribution in [0, 0.1) is 10.5 Å². The maximum atomic E-state index is 6.63. The fourth-order valence-electron chi connectivity index (χ4n) is 2.11. The molecule has 1 unspecified atom stereocenters. The Morgan fingerprint density at radius 2 is 1.70 bits per heavy atom. The summed E-state index contributed by atoms with van der Waals surface area (Å²) in [5.41, 5.74) is 3.20. The Morgan fingerprint density at radius 1 is 1.05 bits per heavy atom. The molecular weight excluding hydrogens is 387 g/mol. The summed E-state index contributed by atoms with van der Waals surface area (Å²) < 4.78 is 11.8. The molecule has 0 aromatic heterocycles. The maximum absolute atomic E-state index is 6.63. The highest BCUT2D eigenvalue weighted by Crippen LogP contribution is 2.38. The number of rotatable bonds is 4. The molecule has 1 atom stereocenters. The van der Waals surface area contributed by atoms with E-state index < -0.39 is 0 Å². The van der Waals surface area contributed by atoms with Crippen molar-refractivity contribution < 1.29 is 9.47 Å². The normalized spacial score (nSPS) is 12.1. The molecular formula is C16H16ClIO2. The number of hydrogen-bond acceptors (Lipinski definition) is 2. The third-order valence-electron chi connectivity index (χ3n) is 3.19. The summed E-state index contributed by atoms with van der Waals surface area (Å²) in [7, 11) is 3.26. The molecule has 0 spiro atoms. The van der Waals surface area contributed by atoms with Crippen molar-refractivity contribution in [3.05, 3.63) is 56.7 Å². The minimum absolute atomic E-state index is 0.204. The highest BCUT2D eigenvalue weighted by atomic mass is 127. The van der Waals surface area contributed by atoms with E-state index in [0.717, 1.165) is 22.4 Å². The minimum Gasteiger partial charge on any atom is -0.493 e. The molecule has 0 radical (unpaired) electrons. The molecule has 0 aliphatic carbocycles. The summed E-state index contributed by atoms with van der Waals surface area (Å²) in [5.74, 6) is 1.42. The number of methoxy groups -OCH3 is 2. The van der Waals surface area contributed by atoms with Gasteiger partial charge in [-0.25, -0.2) is 0 Å². The van der Waals surface area contributed by atoms with E-state index in [2.05, 4.69) is 34.7 Å². The Balaban J connectivity index is 2.46. The first-order chi connectivity index (χ1) is 9.56. The van der Waals surface area contributed by atoms with E-state index in [-0.39, 0.29) is 5.38 Å². The van der Waals surface area contributed by atoms with Crippen molar-refractivity contribution in [3.63, 3.8) is 0 Å². The number of hydrogen-bond donors (Lipinski definition) is 0. The quantitative estimate of drug-likeness (QED) is 0.532. The van der Waals surface area contributed by atoms with E-state index >= 15 is 0 Å². The van der Waals surface area contributed by atoms with Crippen LogP contribution in [0.3, 0.4) is 0 Å². The molecule has 0 saturated carbocycles. The average Bonchev–Trinajstić information content (AvgIpc) is 2.46. The van der Waals surface area contributed by atoms with Gasteiger partial charge in [-0.1, -0.05) is 12.1 Å². The van der Waals surface area contributed by atoms with Crippen LogP contribution in [0.4, 0.5) is 0 Å². The summed E-state index contributed by atoms with van der Waals surface area (Å²) >= 11 is 8.92. The van der Waals surface area contributed by atoms with Crippen LogP contribution in [0.2, 0.25) is 0 Å². The van der Waals surface area contributed by atoms with Crippen molar-refractivity contribution in [3.8, 4) is 11.5 Å². The second-order valence-corrected chi connectivity index (χ2v) is 6.16. The second-order valence-electron chi connectivity index (χ2n) is 4.48. The van der Waals surface area contributed by atoms with Gasteiger partial charge in [0, 0.05) is 3.57 Å². The van der Waals surface area contributed by atoms with E-state index in [1.165, 1.54) is 3.57 Å². The Hall–Kier alpha value is -0.940. The zero-order valence-corrected chi connectivity index (χ0v) is 14.5. The van der Waals surface area contributed by atoms with E-state index in [4.69, 9.17) is 21.1 Å². The van der Waals surface area contributed by atoms with Gasteiger partial charge in [0.1, 0.15) is 0 Å². The third-order valence-corrected chi connectivity index (χ3v) is 4.34. The van der Waals surface area contributed by atoms with Gasteiger partial charge < -0.3 is 9.47 Å². The van der Waals surface area contributed by atoms with Crippen LogP contribution in [-0.4, -0.2) is 14.2 Å². The van der Waals surface area contributed by atoms with Crippen LogP contribution in [0.15, 0.2) is 36.4 Å². The van der Waals surface area contributed by atoms with E-state index in [1.54, 1.807) is 14.2 Å². The summed E-state index contributed by atoms with van der Waals surface area (Å²) in [6, 6.07) is 12.1. The average molecular weight is 403 g/mol. The van der Waals surface area contributed by atoms with Crippen molar-refractivity contribution in [1.82, 2.24) is 0 Å². The molecule has 2 rings (SSSR count). The molecule has 0 heterocycles. The molecule has 0 N–H and O–H groups in total. The molecule has 0 bridgehead atoms. The number of halogens is 2. The lowest BCUT2D eigenvalue weighted by atomic mass is 9.99. The number of ether oxygens (including phenoxy) is 2. The lowest BCUT2D eigenvalue weighted by Crippen LogP contribution is -2.00. The summed E-state index contributed by atoms with van der Waals surface area (Å²) in [5, 5.41) is -0.204. The highest BCUT2D eigenvalue weighted by Gasteiger charge is 2.17. The lowest BCUT2D eigenvalue weighted by molar-refractivity contribution is 0.354. The SMILES string of the molecule is COc1cc(C)c(C(Cl)c2cccc(I)c2)cc1OC. The van der Waals surface area contributed by atoms with Gasteiger partial charge in [-0.05, 0) is 70.5 Å². The van der Waals surface area contributed by atoms with Gasteiger partial charge >= 0.3 is 0 Å². The molecule has 4 heteroatoms. The lowest BCUT2D eigenvalue weighted by Gasteiger charge is -2.17. The van der Waals surface area contributed by atoms with Gasteiger partial charge in [-0.15, -0.1) is 11.6 Å². The van der Waals surface area contributed by atoms with Crippen LogP contribution in [-0.2, 0) is 0 Å². The van der Waals surface area contributed by atoms with Crippen molar-refractivity contribution in [2.75, 3.05) is 14.2 Å². The molecule has 2 aromatic rings. The third kappa shape index (κ3) is 3.20. The standard InChI is InChI=1S/C16H16ClIO2/c1-10-7-14(19-2)15(20-3)9-13(10)16(17)11-5-4-6-12(18)8-11/h4-9,16H,1-3H3. The molecule has 0 aliphatic rings. The molecule has 2 aromatic carbocycles. The van der Waals surface area contributed by atoms with Crippen LogP contribution in [0.25, 0.3) is 0 Å². The van der Waals surface area contributed by atoms with Gasteiger partial charge in [0.2, 0.25) is 0 Å². The summed E-state index contributed by atoms with van der Waals surface area (Å²) in [6.45, 7) is 2.03. The zero-order valence-electron chi connectivity index (χ0n) is 11.6. The number of benzene rings is 2.